The van der Waals surface area contributed by atoms with E-state index < -0.39 is 0 Å². The van der Waals surface area contributed by atoms with E-state index in [4.69, 9.17) is 4.74 Å². The quantitative estimate of drug-likeness (QED) is 0.486. The molecule has 0 amide bonds. The van der Waals surface area contributed by atoms with Crippen molar-refractivity contribution in [2.75, 3.05) is 45.2 Å². The summed E-state index contributed by atoms with van der Waals surface area (Å²) in [5.74, 6) is 1.91. The molecule has 3 heterocycles. The first kappa shape index (κ1) is 20.4. The fourth-order valence-electron chi connectivity index (χ4n) is 4.15. The number of nitrogens with zero attached hydrogens (tertiary/aromatic N) is 4. The number of likely N-dealkylation sites (tertiary alicyclic amines) is 1. The first-order valence-corrected chi connectivity index (χ1v) is 10.4. The molecule has 7 heteroatoms. The number of aromatic nitrogens is 1. The van der Waals surface area contributed by atoms with E-state index in [0.29, 0.717) is 13.1 Å². The highest BCUT2D eigenvalue weighted by Crippen LogP contribution is 2.24. The van der Waals surface area contributed by atoms with Gasteiger partial charge in [0.1, 0.15) is 5.82 Å². The standard InChI is InChI=1S/C21H33N5O2/c1-16-14-26(15-18(16)20(27)28-3)21(22-2)24-13-17-8-9-23-19(12-17)25-10-6-4-5-7-11-25/h8-9,12,16,18H,4-7,10-11,13-15H2,1-3H3,(H,22,24). The Bertz CT molecular complexity index is 685. The van der Waals surface area contributed by atoms with Crippen LogP contribution in [0.4, 0.5) is 5.82 Å². The molecule has 7 nitrogen and oxygen atoms in total. The van der Waals surface area contributed by atoms with E-state index in [2.05, 4.69) is 38.1 Å². The third-order valence-corrected chi connectivity index (χ3v) is 5.82. The van der Waals surface area contributed by atoms with Gasteiger partial charge in [-0.3, -0.25) is 9.79 Å². The average molecular weight is 388 g/mol. The number of guanidine groups is 1. The maximum atomic E-state index is 12.0. The highest BCUT2D eigenvalue weighted by Gasteiger charge is 2.36. The molecule has 1 aromatic rings. The van der Waals surface area contributed by atoms with Crippen LogP contribution in [0.2, 0.25) is 0 Å². The number of hydrogen-bond acceptors (Lipinski definition) is 5. The van der Waals surface area contributed by atoms with Gasteiger partial charge in [-0.25, -0.2) is 4.98 Å². The molecule has 0 saturated carbocycles. The van der Waals surface area contributed by atoms with Crippen LogP contribution in [-0.2, 0) is 16.1 Å². The summed E-state index contributed by atoms with van der Waals surface area (Å²) in [7, 11) is 3.24. The molecule has 0 bridgehead atoms. The van der Waals surface area contributed by atoms with Crippen LogP contribution in [0.25, 0.3) is 0 Å². The highest BCUT2D eigenvalue weighted by molar-refractivity contribution is 5.82. The van der Waals surface area contributed by atoms with Gasteiger partial charge in [-0.05, 0) is 36.5 Å². The van der Waals surface area contributed by atoms with Crippen molar-refractivity contribution < 1.29 is 9.53 Å². The largest absolute Gasteiger partial charge is 0.469 e. The lowest BCUT2D eigenvalue weighted by atomic mass is 9.99. The van der Waals surface area contributed by atoms with E-state index in [-0.39, 0.29) is 17.8 Å². The summed E-state index contributed by atoms with van der Waals surface area (Å²) in [5.41, 5.74) is 1.19. The van der Waals surface area contributed by atoms with Gasteiger partial charge in [-0.2, -0.15) is 0 Å². The van der Waals surface area contributed by atoms with Gasteiger partial charge in [0.2, 0.25) is 0 Å². The fraction of sp³-hybridized carbons (Fsp3) is 0.667. The predicted octanol–water partition coefficient (Wildman–Crippen LogP) is 2.28. The van der Waals surface area contributed by atoms with Crippen LogP contribution in [0, 0.1) is 11.8 Å². The Balaban J connectivity index is 1.60. The van der Waals surface area contributed by atoms with Gasteiger partial charge >= 0.3 is 5.97 Å². The van der Waals surface area contributed by atoms with Crippen LogP contribution in [0.5, 0.6) is 0 Å². The summed E-state index contributed by atoms with van der Waals surface area (Å²) in [4.78, 5) is 25.5. The van der Waals surface area contributed by atoms with Crippen molar-refractivity contribution in [2.45, 2.75) is 39.2 Å². The molecular weight excluding hydrogens is 354 g/mol. The van der Waals surface area contributed by atoms with E-state index in [9.17, 15) is 4.79 Å². The highest BCUT2D eigenvalue weighted by atomic mass is 16.5. The Labute approximate surface area is 168 Å². The number of esters is 1. The Hall–Kier alpha value is -2.31. The molecule has 0 spiro atoms. The van der Waals surface area contributed by atoms with Crippen LogP contribution in [0.1, 0.15) is 38.2 Å². The van der Waals surface area contributed by atoms with Gasteiger partial charge in [-0.15, -0.1) is 0 Å². The van der Waals surface area contributed by atoms with Crippen molar-refractivity contribution in [3.63, 3.8) is 0 Å². The van der Waals surface area contributed by atoms with Crippen molar-refractivity contribution >= 4 is 17.7 Å². The molecule has 2 aliphatic heterocycles. The van der Waals surface area contributed by atoms with Crippen LogP contribution in [0.15, 0.2) is 23.3 Å². The molecule has 2 atom stereocenters. The first-order valence-electron chi connectivity index (χ1n) is 10.4. The van der Waals surface area contributed by atoms with Gasteiger partial charge in [0.25, 0.3) is 0 Å². The van der Waals surface area contributed by atoms with E-state index in [1.54, 1.807) is 7.05 Å². The van der Waals surface area contributed by atoms with Crippen molar-refractivity contribution in [1.82, 2.24) is 15.2 Å². The van der Waals surface area contributed by atoms with Crippen molar-refractivity contribution in [2.24, 2.45) is 16.8 Å². The molecule has 3 rings (SSSR count). The molecule has 28 heavy (non-hydrogen) atoms. The number of carbonyl (C=O) groups excluding carboxylic acids is 1. The van der Waals surface area contributed by atoms with Crippen molar-refractivity contribution in [1.29, 1.82) is 0 Å². The van der Waals surface area contributed by atoms with Crippen LogP contribution < -0.4 is 10.2 Å². The number of anilines is 1. The number of nitrogens with one attached hydrogen (secondary N) is 1. The van der Waals surface area contributed by atoms with E-state index in [1.165, 1.54) is 38.4 Å². The number of ether oxygens (including phenoxy) is 1. The maximum Gasteiger partial charge on any atom is 0.310 e. The number of aliphatic imine (C=N–C) groups is 1. The normalized spacial score (nSPS) is 23.5. The zero-order chi connectivity index (χ0) is 19.9. The second-order valence-electron chi connectivity index (χ2n) is 7.84. The Kier molecular flexibility index (Phi) is 7.12. The van der Waals surface area contributed by atoms with E-state index >= 15 is 0 Å². The first-order chi connectivity index (χ1) is 13.6. The Morgan fingerprint density at radius 3 is 2.71 bits per heavy atom. The number of pyridine rings is 1. The topological polar surface area (TPSA) is 70.1 Å². The summed E-state index contributed by atoms with van der Waals surface area (Å²) < 4.78 is 4.94. The summed E-state index contributed by atoms with van der Waals surface area (Å²) in [6, 6.07) is 4.22. The van der Waals surface area contributed by atoms with Crippen LogP contribution >= 0.6 is 0 Å². The summed E-state index contributed by atoms with van der Waals surface area (Å²) >= 11 is 0. The monoisotopic (exact) mass is 387 g/mol. The molecule has 0 aliphatic carbocycles. The number of hydrogen-bond donors (Lipinski definition) is 1. The molecule has 2 aliphatic rings. The van der Waals surface area contributed by atoms with Gasteiger partial charge in [0.05, 0.1) is 13.0 Å². The van der Waals surface area contributed by atoms with Crippen molar-refractivity contribution in [3.8, 4) is 0 Å². The third kappa shape index (κ3) is 4.94. The smallest absolute Gasteiger partial charge is 0.310 e. The number of carbonyl (C=O) groups is 1. The zero-order valence-corrected chi connectivity index (χ0v) is 17.4. The van der Waals surface area contributed by atoms with Crippen LogP contribution in [-0.4, -0.2) is 62.1 Å². The number of rotatable bonds is 4. The molecule has 154 valence electrons. The minimum Gasteiger partial charge on any atom is -0.469 e. The Morgan fingerprint density at radius 2 is 2.04 bits per heavy atom. The lowest BCUT2D eigenvalue weighted by Gasteiger charge is -2.23. The molecular formula is C21H33N5O2. The molecule has 1 N–H and O–H groups in total. The predicted molar refractivity (Wildman–Crippen MR) is 111 cm³/mol. The summed E-state index contributed by atoms with van der Waals surface area (Å²) in [5, 5.41) is 3.45. The molecule has 2 fully saturated rings. The minimum absolute atomic E-state index is 0.0980. The van der Waals surface area contributed by atoms with Gasteiger partial charge in [-0.1, -0.05) is 19.8 Å². The van der Waals surface area contributed by atoms with E-state index in [1.807, 2.05) is 12.3 Å². The van der Waals surface area contributed by atoms with Gasteiger partial charge < -0.3 is 19.9 Å². The maximum absolute atomic E-state index is 12.0. The second kappa shape index (κ2) is 9.75. The van der Waals surface area contributed by atoms with Gasteiger partial charge in [0.15, 0.2) is 5.96 Å². The molecule has 0 radical (unpaired) electrons. The summed E-state index contributed by atoms with van der Waals surface area (Å²) in [6.07, 6.45) is 7.01. The SMILES string of the molecule is CN=C(NCc1ccnc(N2CCCCCC2)c1)N1CC(C)C(C(=O)OC)C1. The molecule has 2 unspecified atom stereocenters. The third-order valence-electron chi connectivity index (χ3n) is 5.82. The van der Waals surface area contributed by atoms with Gasteiger partial charge in [0, 0.05) is 46.0 Å². The average Bonchev–Trinajstić information content (AvgIpc) is 2.93. The lowest BCUT2D eigenvalue weighted by Crippen LogP contribution is -2.40. The van der Waals surface area contributed by atoms with Crippen LogP contribution in [0.3, 0.4) is 0 Å². The lowest BCUT2D eigenvalue weighted by molar-refractivity contribution is -0.145. The second-order valence-corrected chi connectivity index (χ2v) is 7.84. The summed E-state index contributed by atoms with van der Waals surface area (Å²) in [6.45, 7) is 6.39. The number of methoxy groups -OCH3 is 1. The Morgan fingerprint density at radius 1 is 1.29 bits per heavy atom. The molecule has 0 aromatic carbocycles. The van der Waals surface area contributed by atoms with Crippen molar-refractivity contribution in [3.05, 3.63) is 23.9 Å². The zero-order valence-electron chi connectivity index (χ0n) is 17.4. The van der Waals surface area contributed by atoms with E-state index in [0.717, 1.165) is 31.4 Å². The minimum atomic E-state index is -0.137. The fourth-order valence-corrected chi connectivity index (χ4v) is 4.15. The molecule has 1 aromatic heterocycles. The molecule has 2 saturated heterocycles.